The number of rotatable bonds is 1. The van der Waals surface area contributed by atoms with Crippen LogP contribution in [0.3, 0.4) is 0 Å². The first-order valence-electron chi connectivity index (χ1n) is 3.43. The van der Waals surface area contributed by atoms with E-state index in [1.807, 2.05) is 0 Å². The fourth-order valence-corrected chi connectivity index (χ4v) is 1.00. The van der Waals surface area contributed by atoms with Gasteiger partial charge in [-0.1, -0.05) is 0 Å². The van der Waals surface area contributed by atoms with Gasteiger partial charge in [0.1, 0.15) is 0 Å². The van der Waals surface area contributed by atoms with Crippen LogP contribution in [0.1, 0.15) is 16.8 Å². The van der Waals surface area contributed by atoms with E-state index in [0.717, 1.165) is 6.20 Å². The van der Waals surface area contributed by atoms with Crippen molar-refractivity contribution in [3.8, 4) is 0 Å². The summed E-state index contributed by atoms with van der Waals surface area (Å²) in [4.78, 5) is 3.63. The van der Waals surface area contributed by atoms with E-state index in [2.05, 4.69) is 4.98 Å². The summed E-state index contributed by atoms with van der Waals surface area (Å²) < 4.78 is 24.5. The monoisotopic (exact) mass is 172 g/mol. The van der Waals surface area contributed by atoms with Gasteiger partial charge in [0.15, 0.2) is 0 Å². The van der Waals surface area contributed by atoms with Crippen molar-refractivity contribution in [2.24, 2.45) is 0 Å². The van der Waals surface area contributed by atoms with Gasteiger partial charge in [0, 0.05) is 11.9 Å². The molecule has 0 amide bonds. The third-order valence-corrected chi connectivity index (χ3v) is 1.56. The molecule has 0 aliphatic rings. The highest BCUT2D eigenvalue weighted by Crippen LogP contribution is 2.27. The molecule has 0 unspecified atom stereocenters. The topological polar surface area (TPSA) is 32.8 Å². The van der Waals surface area contributed by atoms with Crippen LogP contribution in [-0.4, -0.2) is 4.98 Å². The first kappa shape index (κ1) is 9.06. The zero-order valence-electron chi connectivity index (χ0n) is 6.77. The number of halogens is 2. The van der Waals surface area contributed by atoms with E-state index in [1.165, 1.54) is 13.0 Å². The molecule has 65 valence electrons. The molecule has 0 fully saturated rings. The minimum absolute atomic E-state index is 0.280. The van der Waals surface area contributed by atoms with Crippen LogP contribution in [0.15, 0.2) is 12.3 Å². The molecule has 1 radical (unpaired) electrons. The van der Waals surface area contributed by atoms with Gasteiger partial charge in [-0.3, -0.25) is 4.98 Å². The number of pyridine rings is 1. The predicted octanol–water partition coefficient (Wildman–Crippen LogP) is 2.18. The van der Waals surface area contributed by atoms with E-state index in [9.17, 15) is 13.9 Å². The molecule has 12 heavy (non-hydrogen) atoms. The Morgan fingerprint density at radius 1 is 1.42 bits per heavy atom. The highest BCUT2D eigenvalue weighted by atomic mass is 19.3. The lowest BCUT2D eigenvalue weighted by Crippen LogP contribution is -2.12. The fraction of sp³-hybridized carbons (Fsp3) is 0.375. The summed E-state index contributed by atoms with van der Waals surface area (Å²) in [7, 11) is 0. The van der Waals surface area contributed by atoms with E-state index >= 15 is 0 Å². The number of hydrogen-bond donors (Lipinski definition) is 0. The quantitative estimate of drug-likeness (QED) is 0.639. The maximum atomic E-state index is 12.3. The zero-order valence-corrected chi connectivity index (χ0v) is 6.77. The molecule has 0 spiro atoms. The van der Waals surface area contributed by atoms with Crippen molar-refractivity contribution in [1.82, 2.24) is 4.98 Å². The minimum Gasteiger partial charge on any atom is -0.261 e. The lowest BCUT2D eigenvalue weighted by molar-refractivity contribution is -0.252. The summed E-state index contributed by atoms with van der Waals surface area (Å²) in [5, 5.41) is 10.3. The van der Waals surface area contributed by atoms with E-state index < -0.39 is 11.7 Å². The van der Waals surface area contributed by atoms with E-state index in [1.54, 1.807) is 6.92 Å². The van der Waals surface area contributed by atoms with Gasteiger partial charge >= 0.3 is 6.11 Å². The van der Waals surface area contributed by atoms with Gasteiger partial charge in [0.25, 0.3) is 0 Å². The first-order valence-corrected chi connectivity index (χ1v) is 3.43. The highest BCUT2D eigenvalue weighted by Gasteiger charge is 2.32. The van der Waals surface area contributed by atoms with E-state index in [-0.39, 0.29) is 5.56 Å². The van der Waals surface area contributed by atoms with Crippen molar-refractivity contribution in [3.05, 3.63) is 29.1 Å². The average molecular weight is 172 g/mol. The predicted molar refractivity (Wildman–Crippen MR) is 38.3 cm³/mol. The summed E-state index contributed by atoms with van der Waals surface area (Å²) in [6.07, 6.45) is -3.11. The molecule has 0 bridgehead atoms. The molecular weight excluding hydrogens is 164 g/mol. The molecule has 0 N–H and O–H groups in total. The molecule has 0 aliphatic heterocycles. The Bertz CT molecular complexity index is 294. The Hall–Kier alpha value is -1.03. The Kier molecular flexibility index (Phi) is 2.10. The van der Waals surface area contributed by atoms with E-state index in [4.69, 9.17) is 0 Å². The normalized spacial score (nSPS) is 11.8. The van der Waals surface area contributed by atoms with Crippen LogP contribution in [0.4, 0.5) is 8.78 Å². The Balaban J connectivity index is 3.19. The van der Waals surface area contributed by atoms with E-state index in [0.29, 0.717) is 5.69 Å². The summed E-state index contributed by atoms with van der Waals surface area (Å²) in [5.41, 5.74) is 0.358. The molecule has 1 aromatic rings. The van der Waals surface area contributed by atoms with Crippen LogP contribution in [0.5, 0.6) is 0 Å². The smallest absolute Gasteiger partial charge is 0.261 e. The average Bonchev–Trinajstić information content (AvgIpc) is 1.83. The molecule has 0 atom stereocenters. The number of aryl methyl sites for hydroxylation is 2. The Morgan fingerprint density at radius 2 is 2.00 bits per heavy atom. The molecule has 0 aromatic carbocycles. The molecule has 1 rings (SSSR count). The molecule has 4 heteroatoms. The van der Waals surface area contributed by atoms with Crippen molar-refractivity contribution in [2.45, 2.75) is 20.0 Å². The molecule has 0 aliphatic carbocycles. The van der Waals surface area contributed by atoms with Crippen molar-refractivity contribution in [2.75, 3.05) is 0 Å². The number of alkyl halides is 2. The van der Waals surface area contributed by atoms with Gasteiger partial charge in [-0.05, 0) is 25.5 Å². The third kappa shape index (κ3) is 1.76. The van der Waals surface area contributed by atoms with Gasteiger partial charge in [0.05, 0.1) is 5.56 Å². The molecule has 0 saturated carbocycles. The third-order valence-electron chi connectivity index (χ3n) is 1.56. The molecule has 2 nitrogen and oxygen atoms in total. The zero-order chi connectivity index (χ0) is 9.35. The number of aromatic nitrogens is 1. The van der Waals surface area contributed by atoms with Crippen LogP contribution in [0.25, 0.3) is 0 Å². The van der Waals surface area contributed by atoms with Crippen LogP contribution in [-0.2, 0) is 11.2 Å². The summed E-state index contributed by atoms with van der Waals surface area (Å²) >= 11 is 0. The van der Waals surface area contributed by atoms with Crippen LogP contribution >= 0.6 is 0 Å². The fourth-order valence-electron chi connectivity index (χ4n) is 1.00. The number of nitrogens with zero attached hydrogens (tertiary/aromatic N) is 1. The summed E-state index contributed by atoms with van der Waals surface area (Å²) in [6.45, 7) is 3.15. The van der Waals surface area contributed by atoms with Crippen LogP contribution in [0.2, 0.25) is 0 Å². The van der Waals surface area contributed by atoms with Crippen LogP contribution < -0.4 is 0 Å². The molecule has 0 saturated heterocycles. The maximum Gasteiger partial charge on any atom is 0.410 e. The standard InChI is InChI=1S/C8H8F2NO/c1-5-3-6(2)11-4-7(5)8(9,10)12/h3-4H,1-2H3. The molecule has 1 aromatic heterocycles. The Labute approximate surface area is 68.9 Å². The maximum absolute atomic E-state index is 12.3. The van der Waals surface area contributed by atoms with Gasteiger partial charge in [0.2, 0.25) is 0 Å². The van der Waals surface area contributed by atoms with Gasteiger partial charge in [-0.25, -0.2) is 0 Å². The highest BCUT2D eigenvalue weighted by molar-refractivity contribution is 5.26. The van der Waals surface area contributed by atoms with Crippen molar-refractivity contribution in [1.29, 1.82) is 0 Å². The molecule has 1 heterocycles. The van der Waals surface area contributed by atoms with Gasteiger partial charge < -0.3 is 0 Å². The minimum atomic E-state index is -4.04. The summed E-state index contributed by atoms with van der Waals surface area (Å²) in [6, 6.07) is 1.46. The second-order valence-electron chi connectivity index (χ2n) is 2.66. The summed E-state index contributed by atoms with van der Waals surface area (Å²) in [5.74, 6) is 0. The lowest BCUT2D eigenvalue weighted by Gasteiger charge is -2.09. The first-order chi connectivity index (χ1) is 5.41. The number of hydrogen-bond acceptors (Lipinski definition) is 1. The van der Waals surface area contributed by atoms with Gasteiger partial charge in [-0.2, -0.15) is 13.9 Å². The van der Waals surface area contributed by atoms with Crippen molar-refractivity contribution in [3.63, 3.8) is 0 Å². The SMILES string of the molecule is Cc1cc(C)c(C([O])(F)F)cn1. The second kappa shape index (κ2) is 2.79. The van der Waals surface area contributed by atoms with Gasteiger partial charge in [-0.15, -0.1) is 0 Å². The largest absolute Gasteiger partial charge is 0.410 e. The lowest BCUT2D eigenvalue weighted by atomic mass is 10.1. The van der Waals surface area contributed by atoms with Crippen molar-refractivity contribution < 1.29 is 13.9 Å². The Morgan fingerprint density at radius 3 is 2.42 bits per heavy atom. The van der Waals surface area contributed by atoms with Crippen molar-refractivity contribution >= 4 is 0 Å². The molecular formula is C8H8F2NO. The second-order valence-corrected chi connectivity index (χ2v) is 2.66. The van der Waals surface area contributed by atoms with Crippen LogP contribution in [0, 0.1) is 13.8 Å².